The molecule has 2 N–H and O–H groups in total. The quantitative estimate of drug-likeness (QED) is 0.820. The third kappa shape index (κ3) is 3.89. The zero-order valence-corrected chi connectivity index (χ0v) is 16.6. The van der Waals surface area contributed by atoms with Crippen LogP contribution in [0.3, 0.4) is 0 Å². The molecule has 0 bridgehead atoms. The number of benzene rings is 1. The summed E-state index contributed by atoms with van der Waals surface area (Å²) >= 11 is 1.11. The summed E-state index contributed by atoms with van der Waals surface area (Å²) in [6.07, 6.45) is 1.23. The number of rotatable bonds is 5. The highest BCUT2D eigenvalue weighted by atomic mass is 32.1. The van der Waals surface area contributed by atoms with Crippen molar-refractivity contribution in [2.24, 2.45) is 0 Å². The molecule has 1 aromatic heterocycles. The number of carbonyl (C=O) groups is 2. The summed E-state index contributed by atoms with van der Waals surface area (Å²) in [7, 11) is 0. The van der Waals surface area contributed by atoms with E-state index in [2.05, 4.69) is 10.3 Å². The molecule has 1 aromatic carbocycles. The highest BCUT2D eigenvalue weighted by Crippen LogP contribution is 2.36. The molecule has 6 nitrogen and oxygen atoms in total. The maximum atomic E-state index is 13.3. The van der Waals surface area contributed by atoms with Gasteiger partial charge < -0.3 is 15.2 Å². The van der Waals surface area contributed by atoms with Gasteiger partial charge in [0, 0.05) is 13.2 Å². The van der Waals surface area contributed by atoms with E-state index in [4.69, 9.17) is 4.74 Å². The van der Waals surface area contributed by atoms with Gasteiger partial charge in [0.1, 0.15) is 9.88 Å². The molecule has 2 heterocycles. The van der Waals surface area contributed by atoms with E-state index in [0.717, 1.165) is 22.5 Å². The van der Waals surface area contributed by atoms with E-state index in [1.807, 2.05) is 38.1 Å². The number of aromatic carboxylic acids is 1. The molecule has 1 fully saturated rings. The largest absolute Gasteiger partial charge is 0.477 e. The molecule has 1 amide bonds. The molecule has 1 aliphatic rings. The van der Waals surface area contributed by atoms with Crippen LogP contribution in [0.5, 0.6) is 0 Å². The molecule has 2 aromatic rings. The summed E-state index contributed by atoms with van der Waals surface area (Å²) in [5.41, 5.74) is 1.97. The molecule has 0 radical (unpaired) electrons. The Labute approximate surface area is 162 Å². The van der Waals surface area contributed by atoms with E-state index in [-0.39, 0.29) is 16.8 Å². The number of carboxylic acid groups (broad SMARTS) is 1. The summed E-state index contributed by atoms with van der Waals surface area (Å²) in [6, 6.07) is 7.71. The number of aryl methyl sites for hydroxylation is 2. The number of thiazole rings is 1. The van der Waals surface area contributed by atoms with Gasteiger partial charge in [0.05, 0.1) is 17.2 Å². The Morgan fingerprint density at radius 1 is 1.22 bits per heavy atom. The average molecular weight is 388 g/mol. The van der Waals surface area contributed by atoms with Crippen LogP contribution < -0.4 is 5.32 Å². The number of amides is 1. The van der Waals surface area contributed by atoms with Crippen LogP contribution in [0, 0.1) is 13.8 Å². The number of carbonyl (C=O) groups excluding carboxylic acids is 1. The third-order valence-corrected chi connectivity index (χ3v) is 6.44. The summed E-state index contributed by atoms with van der Waals surface area (Å²) < 4.78 is 5.50. The molecule has 1 aliphatic heterocycles. The van der Waals surface area contributed by atoms with Gasteiger partial charge in [-0.15, -0.1) is 11.3 Å². The lowest BCUT2D eigenvalue weighted by Gasteiger charge is -2.37. The number of carboxylic acids is 1. The zero-order valence-electron chi connectivity index (χ0n) is 15.7. The minimum absolute atomic E-state index is 0.0631. The van der Waals surface area contributed by atoms with Crippen LogP contribution >= 0.6 is 11.3 Å². The van der Waals surface area contributed by atoms with Gasteiger partial charge in [0.2, 0.25) is 5.91 Å². The molecule has 144 valence electrons. The molecule has 0 saturated carbocycles. The van der Waals surface area contributed by atoms with E-state index < -0.39 is 11.4 Å². The molecular weight excluding hydrogens is 364 g/mol. The topological polar surface area (TPSA) is 88.5 Å². The van der Waals surface area contributed by atoms with Crippen molar-refractivity contribution in [3.8, 4) is 0 Å². The predicted octanol–water partition coefficient (Wildman–Crippen LogP) is 3.38. The molecule has 27 heavy (non-hydrogen) atoms. The Kier molecular flexibility index (Phi) is 5.62. The highest BCUT2D eigenvalue weighted by Gasteiger charge is 2.42. The predicted molar refractivity (Wildman–Crippen MR) is 103 cm³/mol. The van der Waals surface area contributed by atoms with Gasteiger partial charge >= 0.3 is 5.97 Å². The molecular formula is C20H24N2O4S. The minimum Gasteiger partial charge on any atom is -0.477 e. The van der Waals surface area contributed by atoms with Crippen molar-refractivity contribution in [1.82, 2.24) is 10.3 Å². The molecule has 1 atom stereocenters. The summed E-state index contributed by atoms with van der Waals surface area (Å²) in [5.74, 6) is -1.05. The average Bonchev–Trinajstić information content (AvgIpc) is 3.05. The Bertz CT molecular complexity index is 838. The van der Waals surface area contributed by atoms with Crippen molar-refractivity contribution in [3.63, 3.8) is 0 Å². The standard InChI is InChI=1S/C20H24N2O4S/c1-12-4-6-15(7-5-12)20(8-10-26-11-9-20)19(25)22-14(3)17-21-13(2)16(27-17)18(23)24/h4-7,14H,8-11H2,1-3H3,(H,22,25)(H,23,24). The fourth-order valence-electron chi connectivity index (χ4n) is 3.44. The number of ether oxygens (including phenoxy) is 1. The fraction of sp³-hybridized carbons (Fsp3) is 0.450. The minimum atomic E-state index is -0.990. The van der Waals surface area contributed by atoms with Crippen molar-refractivity contribution in [3.05, 3.63) is 51.0 Å². The van der Waals surface area contributed by atoms with Gasteiger partial charge in [-0.2, -0.15) is 0 Å². The second-order valence-corrected chi connectivity index (χ2v) is 8.06. The van der Waals surface area contributed by atoms with Crippen LogP contribution in [0.1, 0.15) is 57.3 Å². The van der Waals surface area contributed by atoms with Crippen molar-refractivity contribution in [2.45, 2.75) is 45.1 Å². The Balaban J connectivity index is 1.85. The van der Waals surface area contributed by atoms with Crippen molar-refractivity contribution in [1.29, 1.82) is 0 Å². The normalized spacial score (nSPS) is 17.3. The van der Waals surface area contributed by atoms with Gasteiger partial charge in [0.25, 0.3) is 0 Å². The third-order valence-electron chi connectivity index (χ3n) is 5.11. The molecule has 1 saturated heterocycles. The van der Waals surface area contributed by atoms with Gasteiger partial charge in [-0.05, 0) is 39.2 Å². The number of aromatic nitrogens is 1. The van der Waals surface area contributed by atoms with Gasteiger partial charge in [-0.25, -0.2) is 9.78 Å². The first-order chi connectivity index (χ1) is 12.8. The summed E-state index contributed by atoms with van der Waals surface area (Å²) in [5, 5.41) is 12.9. The summed E-state index contributed by atoms with van der Waals surface area (Å²) in [4.78, 5) is 29.1. The maximum absolute atomic E-state index is 13.3. The number of nitrogens with one attached hydrogen (secondary N) is 1. The van der Waals surface area contributed by atoms with E-state index in [9.17, 15) is 14.7 Å². The first-order valence-electron chi connectivity index (χ1n) is 9.00. The van der Waals surface area contributed by atoms with Crippen LogP contribution in [0.4, 0.5) is 0 Å². The lowest BCUT2D eigenvalue weighted by Crippen LogP contribution is -2.48. The fourth-order valence-corrected chi connectivity index (χ4v) is 4.34. The van der Waals surface area contributed by atoms with E-state index in [1.165, 1.54) is 0 Å². The zero-order chi connectivity index (χ0) is 19.6. The Morgan fingerprint density at radius 2 is 1.85 bits per heavy atom. The summed E-state index contributed by atoms with van der Waals surface area (Å²) in [6.45, 7) is 6.60. The molecule has 7 heteroatoms. The van der Waals surface area contributed by atoms with Crippen LogP contribution in [0.2, 0.25) is 0 Å². The van der Waals surface area contributed by atoms with E-state index in [1.54, 1.807) is 6.92 Å². The molecule has 0 spiro atoms. The van der Waals surface area contributed by atoms with Gasteiger partial charge in [0.15, 0.2) is 0 Å². The first-order valence-corrected chi connectivity index (χ1v) is 9.81. The Morgan fingerprint density at radius 3 is 2.41 bits per heavy atom. The van der Waals surface area contributed by atoms with Crippen LogP contribution in [-0.4, -0.2) is 35.2 Å². The number of nitrogens with zero attached hydrogens (tertiary/aromatic N) is 1. The van der Waals surface area contributed by atoms with E-state index >= 15 is 0 Å². The first kappa shape index (κ1) is 19.5. The monoisotopic (exact) mass is 388 g/mol. The maximum Gasteiger partial charge on any atom is 0.347 e. The molecule has 1 unspecified atom stereocenters. The van der Waals surface area contributed by atoms with Crippen molar-refractivity contribution < 1.29 is 19.4 Å². The van der Waals surface area contributed by atoms with Gasteiger partial charge in [-0.3, -0.25) is 4.79 Å². The highest BCUT2D eigenvalue weighted by molar-refractivity contribution is 7.13. The number of hydrogen-bond acceptors (Lipinski definition) is 5. The second-order valence-electron chi connectivity index (χ2n) is 7.03. The lowest BCUT2D eigenvalue weighted by atomic mass is 9.73. The van der Waals surface area contributed by atoms with Crippen LogP contribution in [0.25, 0.3) is 0 Å². The lowest BCUT2D eigenvalue weighted by molar-refractivity contribution is -0.131. The van der Waals surface area contributed by atoms with Crippen LogP contribution in [0.15, 0.2) is 24.3 Å². The van der Waals surface area contributed by atoms with Crippen molar-refractivity contribution in [2.75, 3.05) is 13.2 Å². The van der Waals surface area contributed by atoms with Gasteiger partial charge in [-0.1, -0.05) is 29.8 Å². The smallest absolute Gasteiger partial charge is 0.347 e. The second kappa shape index (κ2) is 7.78. The molecule has 0 aliphatic carbocycles. The van der Waals surface area contributed by atoms with Crippen LogP contribution in [-0.2, 0) is 14.9 Å². The SMILES string of the molecule is Cc1ccc(C2(C(=O)NC(C)c3nc(C)c(C(=O)O)s3)CCOCC2)cc1. The number of hydrogen-bond donors (Lipinski definition) is 2. The van der Waals surface area contributed by atoms with E-state index in [0.29, 0.717) is 36.8 Å². The Hall–Kier alpha value is -2.25. The van der Waals surface area contributed by atoms with Crippen molar-refractivity contribution >= 4 is 23.2 Å². The molecule has 3 rings (SSSR count).